The number of hydrogen-bond donors (Lipinski definition) is 0. The lowest BCUT2D eigenvalue weighted by atomic mass is 10.6. The SMILES string of the molecule is C=IC(=O)C#CC#N. The van der Waals surface area contributed by atoms with E-state index in [-0.39, 0.29) is 3.79 Å². The Bertz CT molecular complexity index is 203. The highest BCUT2D eigenvalue weighted by Crippen LogP contribution is 1.89. The molecule has 0 amide bonds. The molecular weight excluding hydrogens is 217 g/mol. The van der Waals surface area contributed by atoms with Crippen molar-refractivity contribution in [2.75, 3.05) is 0 Å². The molecule has 0 aliphatic heterocycles. The highest BCUT2D eigenvalue weighted by Gasteiger charge is 1.81. The molecule has 2 nitrogen and oxygen atoms in total. The quantitative estimate of drug-likeness (QED) is 0.364. The number of rotatable bonds is 1. The van der Waals surface area contributed by atoms with Crippen LogP contribution in [0.15, 0.2) is 0 Å². The minimum absolute atomic E-state index is 0.189. The van der Waals surface area contributed by atoms with Gasteiger partial charge in [0.2, 0.25) is 0 Å². The van der Waals surface area contributed by atoms with E-state index >= 15 is 0 Å². The number of nitriles is 1. The standard InChI is InChI=1S/C5H2INO/c1-6-5(8)3-2-4-7/h1H2. The Hall–Kier alpha value is -0.680. The molecule has 0 radical (unpaired) electrons. The van der Waals surface area contributed by atoms with Gasteiger partial charge in [-0.2, -0.15) is 5.26 Å². The van der Waals surface area contributed by atoms with Crippen molar-refractivity contribution < 1.29 is 4.79 Å². The van der Waals surface area contributed by atoms with Gasteiger partial charge in [0.1, 0.15) is 0 Å². The van der Waals surface area contributed by atoms with Crippen molar-refractivity contribution in [2.45, 2.75) is 0 Å². The van der Waals surface area contributed by atoms with Crippen LogP contribution in [0, 0.1) is 23.2 Å². The Kier molecular flexibility index (Phi) is 4.10. The normalized spacial score (nSPS) is 5.88. The van der Waals surface area contributed by atoms with Gasteiger partial charge in [-0.05, 0) is 26.7 Å². The van der Waals surface area contributed by atoms with Crippen LogP contribution in [0.4, 0.5) is 0 Å². The first-order chi connectivity index (χ1) is 3.81. The molecule has 0 bridgehead atoms. The van der Waals surface area contributed by atoms with Crippen molar-refractivity contribution in [3.63, 3.8) is 0 Å². The fraction of sp³-hybridized carbons (Fsp3) is 0. The van der Waals surface area contributed by atoms with Crippen molar-refractivity contribution in [1.82, 2.24) is 0 Å². The second-order valence-electron chi connectivity index (χ2n) is 0.769. The van der Waals surface area contributed by atoms with E-state index in [0.717, 1.165) is 0 Å². The van der Waals surface area contributed by atoms with Crippen LogP contribution in [0.2, 0.25) is 0 Å². The average Bonchev–Trinajstić information content (AvgIpc) is 1.83. The van der Waals surface area contributed by atoms with Gasteiger partial charge in [0.25, 0.3) is 3.79 Å². The molecule has 0 saturated carbocycles. The number of halogens is 1. The van der Waals surface area contributed by atoms with Gasteiger partial charge >= 0.3 is 0 Å². The molecule has 0 aromatic heterocycles. The van der Waals surface area contributed by atoms with E-state index in [4.69, 9.17) is 5.26 Å². The summed E-state index contributed by atoms with van der Waals surface area (Å²) in [5, 5.41) is 7.83. The first-order valence-electron chi connectivity index (χ1n) is 1.63. The van der Waals surface area contributed by atoms with Crippen LogP contribution < -0.4 is 0 Å². The Balaban J connectivity index is 3.93. The predicted octanol–water partition coefficient (Wildman–Crippen LogP) is 0.443. The number of carbonyl (C=O) groups is 1. The van der Waals surface area contributed by atoms with Crippen LogP contribution in [-0.2, 0) is 4.79 Å². The van der Waals surface area contributed by atoms with Gasteiger partial charge in [-0.25, -0.2) is 0 Å². The molecule has 0 atom stereocenters. The largest absolute Gasteiger partial charge is 0.273 e. The number of carbonyl (C=O) groups excluding carboxylic acids is 1. The van der Waals surface area contributed by atoms with Gasteiger partial charge < -0.3 is 0 Å². The summed E-state index contributed by atoms with van der Waals surface area (Å²) in [6.07, 6.45) is 0. The molecule has 0 spiro atoms. The highest BCUT2D eigenvalue weighted by molar-refractivity contribution is 14.2. The van der Waals surface area contributed by atoms with Crippen LogP contribution >= 0.6 is 20.7 Å². The lowest BCUT2D eigenvalue weighted by Gasteiger charge is -1.64. The molecule has 0 fully saturated rings. The zero-order chi connectivity index (χ0) is 6.41. The van der Waals surface area contributed by atoms with Gasteiger partial charge in [0.15, 0.2) is 6.07 Å². The second kappa shape index (κ2) is 4.48. The molecule has 40 valence electrons. The van der Waals surface area contributed by atoms with Gasteiger partial charge in [-0.1, -0.05) is 4.51 Å². The summed E-state index contributed by atoms with van der Waals surface area (Å²) in [7, 11) is 0. The first kappa shape index (κ1) is 7.32. The third-order valence-electron chi connectivity index (χ3n) is 0.338. The zero-order valence-electron chi connectivity index (χ0n) is 3.94. The third-order valence-corrected chi connectivity index (χ3v) is 1.30. The zero-order valence-corrected chi connectivity index (χ0v) is 6.10. The van der Waals surface area contributed by atoms with Crippen molar-refractivity contribution in [3.8, 4) is 17.9 Å². The topological polar surface area (TPSA) is 40.9 Å². The van der Waals surface area contributed by atoms with E-state index in [1.54, 1.807) is 6.07 Å². The molecule has 8 heavy (non-hydrogen) atoms. The minimum Gasteiger partial charge on any atom is -0.273 e. The van der Waals surface area contributed by atoms with E-state index in [1.807, 2.05) is 5.92 Å². The average molecular weight is 219 g/mol. The molecule has 0 aliphatic carbocycles. The van der Waals surface area contributed by atoms with Crippen LogP contribution in [0.25, 0.3) is 0 Å². The molecule has 0 N–H and O–H groups in total. The molecule has 0 unspecified atom stereocenters. The number of nitrogens with zero attached hydrogens (tertiary/aromatic N) is 1. The fourth-order valence-corrected chi connectivity index (χ4v) is 0.436. The predicted molar refractivity (Wildman–Crippen MR) is 39.5 cm³/mol. The molecular formula is C5H2INO. The maximum absolute atomic E-state index is 10.2. The fourth-order valence-electron chi connectivity index (χ4n) is 0.110. The summed E-state index contributed by atoms with van der Waals surface area (Å²) >= 11 is -0.681. The Morgan fingerprint density at radius 3 is 2.75 bits per heavy atom. The summed E-state index contributed by atoms with van der Waals surface area (Å²) in [4.78, 5) is 10.2. The lowest BCUT2D eigenvalue weighted by Crippen LogP contribution is -1.73. The molecule has 0 aromatic rings. The maximum atomic E-state index is 10.2. The van der Waals surface area contributed by atoms with Crippen molar-refractivity contribution in [1.29, 1.82) is 5.26 Å². The lowest BCUT2D eigenvalue weighted by molar-refractivity contribution is -0.104. The van der Waals surface area contributed by atoms with Gasteiger partial charge in [-0.15, -0.1) is 0 Å². The van der Waals surface area contributed by atoms with Crippen LogP contribution in [0.3, 0.4) is 0 Å². The van der Waals surface area contributed by atoms with Crippen molar-refractivity contribution in [3.05, 3.63) is 0 Å². The summed E-state index contributed by atoms with van der Waals surface area (Å²) in [5.41, 5.74) is 0. The third kappa shape index (κ3) is 3.51. The van der Waals surface area contributed by atoms with Crippen molar-refractivity contribution in [2.24, 2.45) is 0 Å². The van der Waals surface area contributed by atoms with Crippen LogP contribution in [-0.4, -0.2) is 8.30 Å². The summed E-state index contributed by atoms with van der Waals surface area (Å²) in [6, 6.07) is 1.54. The smallest absolute Gasteiger partial charge is 0.259 e. The highest BCUT2D eigenvalue weighted by atomic mass is 127. The van der Waals surface area contributed by atoms with Gasteiger partial charge in [0.05, 0.1) is 0 Å². The summed E-state index contributed by atoms with van der Waals surface area (Å²) in [5.74, 6) is 4.11. The summed E-state index contributed by atoms with van der Waals surface area (Å²) < 4.78 is 3.20. The van der Waals surface area contributed by atoms with Gasteiger partial charge in [-0.3, -0.25) is 4.79 Å². The van der Waals surface area contributed by atoms with E-state index in [2.05, 4.69) is 10.4 Å². The van der Waals surface area contributed by atoms with E-state index in [1.165, 1.54) is 0 Å². The molecule has 0 rings (SSSR count). The Morgan fingerprint density at radius 2 is 2.38 bits per heavy atom. The maximum Gasteiger partial charge on any atom is 0.259 e. The van der Waals surface area contributed by atoms with Crippen LogP contribution in [0.1, 0.15) is 0 Å². The van der Waals surface area contributed by atoms with Crippen molar-refractivity contribution >= 4 is 29.0 Å². The number of hydrogen-bond acceptors (Lipinski definition) is 2. The minimum atomic E-state index is -0.681. The first-order valence-corrected chi connectivity index (χ1v) is 4.24. The second-order valence-corrected chi connectivity index (χ2v) is 2.51. The molecule has 0 heterocycles. The van der Waals surface area contributed by atoms with Crippen LogP contribution in [0.5, 0.6) is 0 Å². The van der Waals surface area contributed by atoms with Gasteiger partial charge in [0, 0.05) is 5.92 Å². The molecule has 0 saturated heterocycles. The Morgan fingerprint density at radius 1 is 1.75 bits per heavy atom. The summed E-state index contributed by atoms with van der Waals surface area (Å²) in [6.45, 7) is 0. The van der Waals surface area contributed by atoms with E-state index in [0.29, 0.717) is 0 Å². The molecule has 0 aromatic carbocycles. The van der Waals surface area contributed by atoms with E-state index < -0.39 is 20.7 Å². The Labute approximate surface area is 57.2 Å². The monoisotopic (exact) mass is 219 g/mol. The van der Waals surface area contributed by atoms with E-state index in [9.17, 15) is 4.79 Å². The molecule has 0 aliphatic rings. The molecule has 3 heteroatoms.